The zero-order valence-corrected chi connectivity index (χ0v) is 14.3. The van der Waals surface area contributed by atoms with E-state index in [1.807, 2.05) is 25.1 Å². The van der Waals surface area contributed by atoms with E-state index < -0.39 is 0 Å². The Bertz CT molecular complexity index is 619. The third kappa shape index (κ3) is 2.29. The number of urea groups is 1. The predicted molar refractivity (Wildman–Crippen MR) is 85.7 cm³/mol. The molecule has 0 spiro atoms. The quantitative estimate of drug-likeness (QED) is 0.770. The number of imide groups is 1. The summed E-state index contributed by atoms with van der Waals surface area (Å²) in [5, 5.41) is 0. The number of nitrogens with zero attached hydrogens (tertiary/aromatic N) is 2. The summed E-state index contributed by atoms with van der Waals surface area (Å²) in [4.78, 5) is 28.4. The van der Waals surface area contributed by atoms with Crippen LogP contribution in [-0.2, 0) is 4.79 Å². The summed E-state index contributed by atoms with van der Waals surface area (Å²) in [6.45, 7) is 4.92. The third-order valence-electron chi connectivity index (χ3n) is 4.28. The van der Waals surface area contributed by atoms with Crippen molar-refractivity contribution in [3.63, 3.8) is 0 Å². The topological polar surface area (TPSA) is 49.9 Å². The molecule has 3 amide bonds. The summed E-state index contributed by atoms with van der Waals surface area (Å²) in [5.41, 5.74) is 0.896. The number of hydrogen-bond acceptors (Lipinski definition) is 3. The number of ether oxygens (including phenoxy) is 1. The first-order valence-electron chi connectivity index (χ1n) is 7.61. The highest BCUT2D eigenvalue weighted by molar-refractivity contribution is 9.10. The lowest BCUT2D eigenvalue weighted by Crippen LogP contribution is -2.38. The Balaban J connectivity index is 1.97. The van der Waals surface area contributed by atoms with Crippen molar-refractivity contribution in [1.29, 1.82) is 0 Å². The first-order valence-corrected chi connectivity index (χ1v) is 8.40. The van der Waals surface area contributed by atoms with Crippen molar-refractivity contribution in [2.24, 2.45) is 0 Å². The van der Waals surface area contributed by atoms with Crippen LogP contribution in [0.3, 0.4) is 0 Å². The van der Waals surface area contributed by atoms with Crippen molar-refractivity contribution < 1.29 is 14.3 Å². The smallest absolute Gasteiger partial charge is 0.328 e. The number of amides is 3. The summed E-state index contributed by atoms with van der Waals surface area (Å²) >= 11 is 3.47. The molecule has 1 saturated heterocycles. The van der Waals surface area contributed by atoms with Gasteiger partial charge in [0.15, 0.2) is 0 Å². The van der Waals surface area contributed by atoms with E-state index in [9.17, 15) is 9.59 Å². The van der Waals surface area contributed by atoms with Gasteiger partial charge in [0.1, 0.15) is 11.8 Å². The fraction of sp³-hybridized carbons (Fsp3) is 0.500. The summed E-state index contributed by atoms with van der Waals surface area (Å²) in [6.07, 6.45) is 1.47. The highest BCUT2D eigenvalue weighted by Gasteiger charge is 2.47. The molecule has 3 rings (SSSR count). The molecule has 0 aliphatic carbocycles. The van der Waals surface area contributed by atoms with Crippen molar-refractivity contribution in [1.82, 2.24) is 9.80 Å². The molecule has 2 atom stereocenters. The minimum atomic E-state index is -0.383. The second kappa shape index (κ2) is 5.91. The lowest BCUT2D eigenvalue weighted by atomic mass is 9.99. The summed E-state index contributed by atoms with van der Waals surface area (Å²) in [6, 6.07) is 4.93. The molecule has 0 radical (unpaired) electrons. The Labute approximate surface area is 138 Å². The fourth-order valence-electron chi connectivity index (χ4n) is 3.19. The van der Waals surface area contributed by atoms with Crippen LogP contribution in [0.2, 0.25) is 0 Å². The molecule has 0 aromatic heterocycles. The van der Waals surface area contributed by atoms with Crippen LogP contribution in [0.4, 0.5) is 4.79 Å². The molecule has 1 fully saturated rings. The van der Waals surface area contributed by atoms with Crippen molar-refractivity contribution in [3.05, 3.63) is 28.2 Å². The first kappa shape index (κ1) is 15.3. The minimum absolute atomic E-state index is 0.115. The number of fused-ring (bicyclic) bond motifs is 1. The lowest BCUT2D eigenvalue weighted by molar-refractivity contribution is -0.129. The largest absolute Gasteiger partial charge is 0.492 e. The van der Waals surface area contributed by atoms with Gasteiger partial charge in [-0.3, -0.25) is 9.69 Å². The van der Waals surface area contributed by atoms with Gasteiger partial charge in [0.2, 0.25) is 0 Å². The molecule has 0 N–H and O–H groups in total. The number of carbonyl (C=O) groups excluding carboxylic acids is 2. The number of carbonyl (C=O) groups is 2. The molecule has 118 valence electrons. The maximum Gasteiger partial charge on any atom is 0.328 e. The van der Waals surface area contributed by atoms with Gasteiger partial charge in [0, 0.05) is 18.5 Å². The molecule has 2 heterocycles. The SMILES string of the molecule is CCCN1C(=O)N([C@@H]2CCOc3c(Br)cccc32)C(=O)[C@H]1C. The highest BCUT2D eigenvalue weighted by atomic mass is 79.9. The van der Waals surface area contributed by atoms with Crippen molar-refractivity contribution in [2.75, 3.05) is 13.2 Å². The van der Waals surface area contributed by atoms with E-state index >= 15 is 0 Å². The van der Waals surface area contributed by atoms with Crippen molar-refractivity contribution in [2.45, 2.75) is 38.8 Å². The third-order valence-corrected chi connectivity index (χ3v) is 4.91. The minimum Gasteiger partial charge on any atom is -0.492 e. The van der Waals surface area contributed by atoms with Crippen LogP contribution in [-0.4, -0.2) is 40.9 Å². The second-order valence-corrected chi connectivity index (χ2v) is 6.53. The van der Waals surface area contributed by atoms with Gasteiger partial charge in [-0.2, -0.15) is 0 Å². The normalized spacial score (nSPS) is 24.5. The predicted octanol–water partition coefficient (Wildman–Crippen LogP) is 3.34. The number of para-hydroxylation sites is 1. The van der Waals surface area contributed by atoms with Gasteiger partial charge in [-0.15, -0.1) is 0 Å². The van der Waals surface area contributed by atoms with Crippen LogP contribution in [0.5, 0.6) is 5.75 Å². The van der Waals surface area contributed by atoms with Gasteiger partial charge in [-0.05, 0) is 35.3 Å². The molecule has 1 aromatic carbocycles. The van der Waals surface area contributed by atoms with Crippen LogP contribution < -0.4 is 4.74 Å². The highest BCUT2D eigenvalue weighted by Crippen LogP contribution is 2.42. The van der Waals surface area contributed by atoms with Gasteiger partial charge < -0.3 is 9.64 Å². The van der Waals surface area contributed by atoms with Crippen molar-refractivity contribution in [3.8, 4) is 5.75 Å². The Kier molecular flexibility index (Phi) is 4.12. The van der Waals surface area contributed by atoms with Gasteiger partial charge in [-0.25, -0.2) is 4.79 Å². The maximum atomic E-state index is 12.7. The molecule has 1 aromatic rings. The lowest BCUT2D eigenvalue weighted by Gasteiger charge is -2.32. The van der Waals surface area contributed by atoms with Crippen LogP contribution in [0.25, 0.3) is 0 Å². The van der Waals surface area contributed by atoms with Crippen LogP contribution in [0, 0.1) is 0 Å². The fourth-order valence-corrected chi connectivity index (χ4v) is 3.68. The molecule has 0 saturated carbocycles. The summed E-state index contributed by atoms with van der Waals surface area (Å²) in [5.74, 6) is 0.622. The second-order valence-electron chi connectivity index (χ2n) is 5.67. The Morgan fingerprint density at radius 3 is 2.86 bits per heavy atom. The van der Waals surface area contributed by atoms with E-state index in [4.69, 9.17) is 4.74 Å². The average Bonchev–Trinajstić information content (AvgIpc) is 2.72. The Morgan fingerprint density at radius 2 is 2.14 bits per heavy atom. The van der Waals surface area contributed by atoms with Gasteiger partial charge in [0.25, 0.3) is 5.91 Å². The molecular weight excluding hydrogens is 348 g/mol. The number of hydrogen-bond donors (Lipinski definition) is 0. The first-order chi connectivity index (χ1) is 10.6. The molecule has 2 aliphatic rings. The Hall–Kier alpha value is -1.56. The summed E-state index contributed by atoms with van der Waals surface area (Å²) in [7, 11) is 0. The molecule has 5 nitrogen and oxygen atoms in total. The van der Waals surface area contributed by atoms with E-state index in [2.05, 4.69) is 15.9 Å². The van der Waals surface area contributed by atoms with Gasteiger partial charge >= 0.3 is 6.03 Å². The van der Waals surface area contributed by atoms with E-state index in [0.717, 1.165) is 22.2 Å². The zero-order valence-electron chi connectivity index (χ0n) is 12.7. The van der Waals surface area contributed by atoms with Crippen LogP contribution in [0.1, 0.15) is 38.3 Å². The van der Waals surface area contributed by atoms with E-state index in [1.54, 1.807) is 11.8 Å². The zero-order chi connectivity index (χ0) is 15.9. The molecule has 0 unspecified atom stereocenters. The monoisotopic (exact) mass is 366 g/mol. The molecule has 6 heteroatoms. The standard InChI is InChI=1S/C16H19BrN2O3/c1-3-8-18-10(2)15(20)19(16(18)21)13-7-9-22-14-11(13)5-4-6-12(14)17/h4-6,10,13H,3,7-9H2,1-2H3/t10-,13-/m1/s1. The van der Waals surface area contributed by atoms with Crippen LogP contribution in [0.15, 0.2) is 22.7 Å². The number of halogens is 1. The number of benzene rings is 1. The van der Waals surface area contributed by atoms with Crippen LogP contribution >= 0.6 is 15.9 Å². The molecule has 0 bridgehead atoms. The van der Waals surface area contributed by atoms with Gasteiger partial charge in [-0.1, -0.05) is 19.1 Å². The van der Waals surface area contributed by atoms with E-state index in [1.165, 1.54) is 4.90 Å². The molecular formula is C16H19BrN2O3. The van der Waals surface area contributed by atoms with E-state index in [-0.39, 0.29) is 24.0 Å². The Morgan fingerprint density at radius 1 is 1.36 bits per heavy atom. The van der Waals surface area contributed by atoms with E-state index in [0.29, 0.717) is 19.6 Å². The summed E-state index contributed by atoms with van der Waals surface area (Å²) < 4.78 is 6.56. The van der Waals surface area contributed by atoms with Gasteiger partial charge in [0.05, 0.1) is 17.1 Å². The maximum absolute atomic E-state index is 12.7. The van der Waals surface area contributed by atoms with Crippen molar-refractivity contribution >= 4 is 27.9 Å². The molecule has 2 aliphatic heterocycles. The average molecular weight is 367 g/mol. The molecule has 22 heavy (non-hydrogen) atoms. The number of rotatable bonds is 3.